The van der Waals surface area contributed by atoms with E-state index in [1.807, 2.05) is 12.1 Å². The molecule has 10 nitrogen and oxygen atoms in total. The SMILES string of the molecule is CCONC(=O)c1cnc(Nc2ccc(F)c(C)n2)cc1Nc1ccc(C2CC2)cc1N(C)[SH](=O)=O. The molecular formula is C24H27FN6O4S. The number of amides is 1. The summed E-state index contributed by atoms with van der Waals surface area (Å²) in [4.78, 5) is 26.2. The van der Waals surface area contributed by atoms with Crippen LogP contribution in [0.25, 0.3) is 0 Å². The Morgan fingerprint density at radius 2 is 1.92 bits per heavy atom. The molecule has 3 aromatic rings. The van der Waals surface area contributed by atoms with E-state index in [-0.39, 0.29) is 17.9 Å². The van der Waals surface area contributed by atoms with Crippen LogP contribution in [-0.2, 0) is 15.7 Å². The lowest BCUT2D eigenvalue weighted by molar-refractivity contribution is 0.0365. The van der Waals surface area contributed by atoms with Crippen molar-refractivity contribution in [1.29, 1.82) is 0 Å². The average molecular weight is 515 g/mol. The van der Waals surface area contributed by atoms with E-state index in [4.69, 9.17) is 4.84 Å². The number of nitrogens with one attached hydrogen (secondary N) is 3. The van der Waals surface area contributed by atoms with Crippen LogP contribution in [0, 0.1) is 12.7 Å². The Kier molecular flexibility index (Phi) is 7.65. The quantitative estimate of drug-likeness (QED) is 0.237. The molecule has 190 valence electrons. The van der Waals surface area contributed by atoms with Crippen LogP contribution in [0.3, 0.4) is 0 Å². The summed E-state index contributed by atoms with van der Waals surface area (Å²) in [5, 5.41) is 6.18. The van der Waals surface area contributed by atoms with Gasteiger partial charge in [0.25, 0.3) is 5.91 Å². The third-order valence-electron chi connectivity index (χ3n) is 5.67. The molecule has 1 amide bonds. The van der Waals surface area contributed by atoms with Gasteiger partial charge in [-0.25, -0.2) is 28.3 Å². The molecule has 3 N–H and O–H groups in total. The molecule has 1 fully saturated rings. The molecule has 12 heteroatoms. The highest BCUT2D eigenvalue weighted by Gasteiger charge is 2.25. The summed E-state index contributed by atoms with van der Waals surface area (Å²) in [6.07, 6.45) is 3.49. The van der Waals surface area contributed by atoms with Gasteiger partial charge in [-0.05, 0) is 62.4 Å². The Labute approximate surface area is 209 Å². The molecule has 2 heterocycles. The van der Waals surface area contributed by atoms with Gasteiger partial charge in [0.15, 0.2) is 0 Å². The molecule has 1 aliphatic carbocycles. The van der Waals surface area contributed by atoms with Crippen LogP contribution < -0.4 is 20.4 Å². The van der Waals surface area contributed by atoms with Crippen molar-refractivity contribution < 1.29 is 22.4 Å². The molecule has 4 rings (SSSR count). The Bertz CT molecular complexity index is 1350. The third kappa shape index (κ3) is 5.89. The summed E-state index contributed by atoms with van der Waals surface area (Å²) in [5.74, 6) is 0.168. The lowest BCUT2D eigenvalue weighted by Gasteiger charge is -2.20. The summed E-state index contributed by atoms with van der Waals surface area (Å²) >= 11 is 0. The first-order valence-corrected chi connectivity index (χ1v) is 12.5. The fourth-order valence-corrected chi connectivity index (χ4v) is 3.91. The maximum Gasteiger partial charge on any atom is 0.278 e. The molecule has 36 heavy (non-hydrogen) atoms. The van der Waals surface area contributed by atoms with Crippen molar-refractivity contribution in [2.75, 3.05) is 28.6 Å². The minimum Gasteiger partial charge on any atom is -0.353 e. The molecule has 1 saturated carbocycles. The normalized spacial score (nSPS) is 12.9. The van der Waals surface area contributed by atoms with E-state index >= 15 is 0 Å². The van der Waals surface area contributed by atoms with Crippen LogP contribution in [0.15, 0.2) is 42.6 Å². The summed E-state index contributed by atoms with van der Waals surface area (Å²) in [5.41, 5.74) is 5.08. The fraction of sp³-hybridized carbons (Fsp3) is 0.292. The largest absolute Gasteiger partial charge is 0.353 e. The second-order valence-corrected chi connectivity index (χ2v) is 9.38. The first-order chi connectivity index (χ1) is 17.3. The number of aryl methyl sites for hydroxylation is 1. The number of hydrogen-bond acceptors (Lipinski definition) is 8. The minimum absolute atomic E-state index is 0.170. The van der Waals surface area contributed by atoms with E-state index in [0.29, 0.717) is 34.6 Å². The van der Waals surface area contributed by atoms with Gasteiger partial charge in [-0.3, -0.25) is 13.9 Å². The van der Waals surface area contributed by atoms with Gasteiger partial charge in [0.05, 0.1) is 34.9 Å². The highest BCUT2D eigenvalue weighted by molar-refractivity contribution is 7.74. The van der Waals surface area contributed by atoms with Gasteiger partial charge in [0, 0.05) is 19.3 Å². The number of pyridine rings is 2. The van der Waals surface area contributed by atoms with Crippen LogP contribution in [-0.4, -0.2) is 37.9 Å². The molecule has 0 aliphatic heterocycles. The molecule has 0 unspecified atom stereocenters. The van der Waals surface area contributed by atoms with E-state index in [1.165, 1.54) is 25.4 Å². The number of hydroxylamine groups is 1. The zero-order valence-corrected chi connectivity index (χ0v) is 20.9. The van der Waals surface area contributed by atoms with Gasteiger partial charge < -0.3 is 10.6 Å². The van der Waals surface area contributed by atoms with Gasteiger partial charge in [-0.2, -0.15) is 0 Å². The highest BCUT2D eigenvalue weighted by atomic mass is 32.2. The molecule has 0 saturated heterocycles. The van der Waals surface area contributed by atoms with E-state index in [9.17, 15) is 17.6 Å². The number of rotatable bonds is 10. The Morgan fingerprint density at radius 3 is 2.58 bits per heavy atom. The molecule has 0 atom stereocenters. The number of aromatic nitrogens is 2. The van der Waals surface area contributed by atoms with Gasteiger partial charge in [0.1, 0.15) is 17.5 Å². The Hall–Kier alpha value is -3.77. The van der Waals surface area contributed by atoms with E-state index in [0.717, 1.165) is 22.7 Å². The molecule has 1 aliphatic rings. The average Bonchev–Trinajstić information content (AvgIpc) is 3.70. The standard InChI is InChI=1S/C24H27FN6O4S/c1-4-35-30-24(32)17-13-26-23(29-22-10-8-18(25)14(2)27-22)12-20(17)28-19-9-7-16(15-5-6-15)11-21(19)31(3)36(33)34/h7-13,15,36H,4-6H2,1-3H3,(H,30,32)(H2,26,27,28,29). The van der Waals surface area contributed by atoms with Crippen molar-refractivity contribution in [2.45, 2.75) is 32.6 Å². The van der Waals surface area contributed by atoms with Crippen LogP contribution >= 0.6 is 0 Å². The lowest BCUT2D eigenvalue weighted by Crippen LogP contribution is -2.25. The van der Waals surface area contributed by atoms with Crippen LogP contribution in [0.1, 0.15) is 47.3 Å². The summed E-state index contributed by atoms with van der Waals surface area (Å²) < 4.78 is 38.4. The van der Waals surface area contributed by atoms with Crippen LogP contribution in [0.5, 0.6) is 0 Å². The molecule has 2 aromatic heterocycles. The number of anilines is 5. The van der Waals surface area contributed by atoms with Gasteiger partial charge in [0.2, 0.25) is 10.9 Å². The first-order valence-electron chi connectivity index (χ1n) is 11.4. The maximum absolute atomic E-state index is 13.6. The van der Waals surface area contributed by atoms with Crippen LogP contribution in [0.2, 0.25) is 0 Å². The van der Waals surface area contributed by atoms with Crippen molar-refractivity contribution in [3.8, 4) is 0 Å². The van der Waals surface area contributed by atoms with Crippen molar-refractivity contribution >= 4 is 45.5 Å². The van der Waals surface area contributed by atoms with Crippen molar-refractivity contribution in [3.05, 3.63) is 65.2 Å². The number of benzene rings is 1. The molecule has 0 spiro atoms. The smallest absolute Gasteiger partial charge is 0.278 e. The number of hydrogen-bond donors (Lipinski definition) is 4. The van der Waals surface area contributed by atoms with Crippen molar-refractivity contribution in [1.82, 2.24) is 15.4 Å². The van der Waals surface area contributed by atoms with Crippen LogP contribution in [0.4, 0.5) is 33.1 Å². The second-order valence-electron chi connectivity index (χ2n) is 8.31. The highest BCUT2D eigenvalue weighted by Crippen LogP contribution is 2.43. The Balaban J connectivity index is 1.72. The van der Waals surface area contributed by atoms with E-state index in [1.54, 1.807) is 26.0 Å². The van der Waals surface area contributed by atoms with Crippen molar-refractivity contribution in [2.24, 2.45) is 0 Å². The summed E-state index contributed by atoms with van der Waals surface area (Å²) in [6, 6.07) is 9.93. The molecule has 0 radical (unpaired) electrons. The second kappa shape index (κ2) is 10.9. The van der Waals surface area contributed by atoms with E-state index in [2.05, 4.69) is 26.1 Å². The van der Waals surface area contributed by atoms with Gasteiger partial charge in [-0.1, -0.05) is 6.07 Å². The number of nitrogens with zero attached hydrogens (tertiary/aromatic N) is 3. The number of carbonyl (C=O) groups excluding carboxylic acids is 1. The van der Waals surface area contributed by atoms with Gasteiger partial charge >= 0.3 is 0 Å². The summed E-state index contributed by atoms with van der Waals surface area (Å²) in [6.45, 7) is 3.55. The monoisotopic (exact) mass is 514 g/mol. The van der Waals surface area contributed by atoms with Crippen molar-refractivity contribution in [3.63, 3.8) is 0 Å². The fourth-order valence-electron chi connectivity index (χ4n) is 3.57. The molecule has 1 aromatic carbocycles. The van der Waals surface area contributed by atoms with Gasteiger partial charge in [-0.15, -0.1) is 0 Å². The van der Waals surface area contributed by atoms with E-state index < -0.39 is 22.6 Å². The zero-order valence-electron chi connectivity index (χ0n) is 20.0. The summed E-state index contributed by atoms with van der Waals surface area (Å²) in [7, 11) is -1.42. The predicted octanol–water partition coefficient (Wildman–Crippen LogP) is 3.93. The zero-order chi connectivity index (χ0) is 25.8. The lowest BCUT2D eigenvalue weighted by atomic mass is 10.1. The molecule has 0 bridgehead atoms. The number of halogens is 1. The number of thiol groups is 1. The predicted molar refractivity (Wildman–Crippen MR) is 136 cm³/mol. The third-order valence-corrected chi connectivity index (χ3v) is 6.37. The number of carbonyl (C=O) groups is 1. The topological polar surface area (TPSA) is 126 Å². The Morgan fingerprint density at radius 1 is 1.14 bits per heavy atom. The minimum atomic E-state index is -2.88. The maximum atomic E-state index is 13.6. The molecular weight excluding hydrogens is 487 g/mol. The first kappa shape index (κ1) is 25.3.